The number of nitrogens with zero attached hydrogens (tertiary/aromatic N) is 3. The van der Waals surface area contributed by atoms with Crippen LogP contribution in [0.15, 0.2) is 93.9 Å². The molecule has 7 nitrogen and oxygen atoms in total. The van der Waals surface area contributed by atoms with Gasteiger partial charge in [0.25, 0.3) is 5.56 Å². The smallest absolute Gasteiger partial charge is 0.338 e. The van der Waals surface area contributed by atoms with Gasteiger partial charge in [0.1, 0.15) is 12.4 Å². The van der Waals surface area contributed by atoms with Gasteiger partial charge in [0.15, 0.2) is 4.80 Å². The molecule has 0 aliphatic carbocycles. The van der Waals surface area contributed by atoms with Crippen LogP contribution in [0, 0.1) is 6.92 Å². The summed E-state index contributed by atoms with van der Waals surface area (Å²) in [6, 6.07) is 23.3. The number of benzene rings is 3. The lowest BCUT2D eigenvalue weighted by Crippen LogP contribution is -2.39. The van der Waals surface area contributed by atoms with Crippen molar-refractivity contribution in [1.82, 2.24) is 4.57 Å². The Morgan fingerprint density at radius 2 is 1.72 bits per heavy atom. The normalized spacial score (nSPS) is 14.7. The number of esters is 1. The van der Waals surface area contributed by atoms with Crippen LogP contribution in [0.25, 0.3) is 6.08 Å². The highest BCUT2D eigenvalue weighted by Crippen LogP contribution is 2.31. The van der Waals surface area contributed by atoms with Crippen molar-refractivity contribution in [3.63, 3.8) is 0 Å². The maximum Gasteiger partial charge on any atom is 0.338 e. The fourth-order valence-electron chi connectivity index (χ4n) is 5.28. The number of allylic oxidation sites excluding steroid dienone is 1. The molecule has 0 N–H and O–H groups in total. The minimum Gasteiger partial charge on any atom is -0.488 e. The molecule has 1 atom stereocenters. The summed E-state index contributed by atoms with van der Waals surface area (Å²) in [7, 11) is 0. The minimum absolute atomic E-state index is 0.217. The number of anilines is 1. The molecular weight excluding hydrogens is 558 g/mol. The maximum atomic E-state index is 14.1. The van der Waals surface area contributed by atoms with Crippen LogP contribution < -0.4 is 24.5 Å². The fraction of sp³-hybridized carbons (Fsp3) is 0.286. The number of fused-ring (bicyclic) bond motifs is 1. The molecule has 0 bridgehead atoms. The lowest BCUT2D eigenvalue weighted by Gasteiger charge is -2.24. The summed E-state index contributed by atoms with van der Waals surface area (Å²) >= 11 is 1.31. The zero-order valence-corrected chi connectivity index (χ0v) is 26.1. The molecular formula is C35H37N3O4S. The van der Waals surface area contributed by atoms with E-state index >= 15 is 0 Å². The summed E-state index contributed by atoms with van der Waals surface area (Å²) in [5.74, 6) is 0.227. The Morgan fingerprint density at radius 3 is 2.40 bits per heavy atom. The van der Waals surface area contributed by atoms with Crippen LogP contribution in [0.4, 0.5) is 5.69 Å². The lowest BCUT2D eigenvalue weighted by atomic mass is 9.95. The predicted octanol–water partition coefficient (Wildman–Crippen LogP) is 5.53. The number of thiazole rings is 1. The Hall–Kier alpha value is -4.43. The third-order valence-electron chi connectivity index (χ3n) is 7.56. The van der Waals surface area contributed by atoms with Crippen LogP contribution in [-0.4, -0.2) is 30.2 Å². The van der Waals surface area contributed by atoms with E-state index in [9.17, 15) is 9.59 Å². The third kappa shape index (κ3) is 6.34. The molecule has 1 aliphatic rings. The standard InChI is InChI=1S/C35H37N3O4S/c1-6-37(7-2)28-19-18-27(29(21-28)42-22-25-12-10-9-11-13-25)20-30-33(39)38-32(26-16-14-23(4)15-17-26)31(34(40)41-8-3)24(5)36-35(38)43-30/h9-21,32H,6-8,22H2,1-5H3/b30-20-/t32-/m0/s1. The van der Waals surface area contributed by atoms with Gasteiger partial charge in [0, 0.05) is 30.4 Å². The molecule has 5 rings (SSSR count). The Morgan fingerprint density at radius 1 is 1.00 bits per heavy atom. The number of hydrogen-bond acceptors (Lipinski definition) is 7. The molecule has 0 saturated carbocycles. The number of rotatable bonds is 10. The van der Waals surface area contributed by atoms with Crippen LogP contribution in [0.5, 0.6) is 5.75 Å². The Labute approximate surface area is 256 Å². The summed E-state index contributed by atoms with van der Waals surface area (Å²) in [4.78, 5) is 34.8. The summed E-state index contributed by atoms with van der Waals surface area (Å²) < 4.78 is 13.9. The fourth-order valence-corrected chi connectivity index (χ4v) is 6.32. The molecule has 0 spiro atoms. The molecule has 1 aromatic heterocycles. The molecule has 222 valence electrons. The van der Waals surface area contributed by atoms with E-state index in [-0.39, 0.29) is 12.2 Å². The molecule has 0 amide bonds. The highest BCUT2D eigenvalue weighted by Gasteiger charge is 2.33. The van der Waals surface area contributed by atoms with Crippen molar-refractivity contribution >= 4 is 29.1 Å². The van der Waals surface area contributed by atoms with Crippen molar-refractivity contribution in [2.45, 2.75) is 47.3 Å². The number of ether oxygens (including phenoxy) is 2. The Bertz CT molecular complexity index is 1820. The molecule has 0 unspecified atom stereocenters. The molecule has 43 heavy (non-hydrogen) atoms. The zero-order valence-electron chi connectivity index (χ0n) is 25.3. The van der Waals surface area contributed by atoms with Gasteiger partial charge in [0.2, 0.25) is 0 Å². The van der Waals surface area contributed by atoms with Crippen LogP contribution in [0.2, 0.25) is 0 Å². The minimum atomic E-state index is -0.642. The second-order valence-corrected chi connectivity index (χ2v) is 11.4. The summed E-state index contributed by atoms with van der Waals surface area (Å²) in [6.45, 7) is 12.2. The van der Waals surface area contributed by atoms with Gasteiger partial charge in [-0.1, -0.05) is 71.5 Å². The van der Waals surface area contributed by atoms with Gasteiger partial charge in [-0.15, -0.1) is 0 Å². The van der Waals surface area contributed by atoms with E-state index in [0.29, 0.717) is 33.0 Å². The van der Waals surface area contributed by atoms with Crippen molar-refractivity contribution in [1.29, 1.82) is 0 Å². The van der Waals surface area contributed by atoms with Gasteiger partial charge in [-0.25, -0.2) is 9.79 Å². The summed E-state index contributed by atoms with van der Waals surface area (Å²) in [5, 5.41) is 0. The first-order valence-corrected chi connectivity index (χ1v) is 15.5. The first-order valence-electron chi connectivity index (χ1n) is 14.7. The average molecular weight is 596 g/mol. The van der Waals surface area contributed by atoms with E-state index < -0.39 is 12.0 Å². The Kier molecular flexibility index (Phi) is 9.26. The van der Waals surface area contributed by atoms with Gasteiger partial charge < -0.3 is 14.4 Å². The SMILES string of the molecule is CCOC(=O)C1=C(C)N=c2s/c(=C\c3ccc(N(CC)CC)cc3OCc3ccccc3)c(=O)n2[C@H]1c1ccc(C)cc1. The van der Waals surface area contributed by atoms with Crippen LogP contribution in [-0.2, 0) is 16.1 Å². The van der Waals surface area contributed by atoms with Crippen molar-refractivity contribution in [3.05, 3.63) is 126 Å². The molecule has 2 heterocycles. The summed E-state index contributed by atoms with van der Waals surface area (Å²) in [6.07, 6.45) is 1.87. The van der Waals surface area contributed by atoms with Crippen molar-refractivity contribution in [3.8, 4) is 5.75 Å². The highest BCUT2D eigenvalue weighted by molar-refractivity contribution is 7.07. The van der Waals surface area contributed by atoms with Crippen LogP contribution in [0.1, 0.15) is 56.0 Å². The summed E-state index contributed by atoms with van der Waals surface area (Å²) in [5.41, 5.74) is 5.53. The predicted molar refractivity (Wildman–Crippen MR) is 172 cm³/mol. The number of aryl methyl sites for hydroxylation is 1. The average Bonchev–Trinajstić information content (AvgIpc) is 3.31. The third-order valence-corrected chi connectivity index (χ3v) is 8.54. The maximum absolute atomic E-state index is 14.1. The second-order valence-electron chi connectivity index (χ2n) is 10.4. The first-order chi connectivity index (χ1) is 20.8. The largest absolute Gasteiger partial charge is 0.488 e. The van der Waals surface area contributed by atoms with E-state index in [4.69, 9.17) is 14.5 Å². The quantitative estimate of drug-likeness (QED) is 0.226. The molecule has 0 radical (unpaired) electrons. The second kappa shape index (κ2) is 13.3. The number of carbonyl (C=O) groups is 1. The molecule has 0 saturated heterocycles. The van der Waals surface area contributed by atoms with Crippen molar-refractivity contribution in [2.75, 3.05) is 24.6 Å². The molecule has 0 fully saturated rings. The Balaban J connectivity index is 1.64. The number of aromatic nitrogens is 1. The molecule has 8 heteroatoms. The topological polar surface area (TPSA) is 73.1 Å². The van der Waals surface area contributed by atoms with Gasteiger partial charge >= 0.3 is 5.97 Å². The van der Waals surface area contributed by atoms with Gasteiger partial charge in [-0.2, -0.15) is 0 Å². The van der Waals surface area contributed by atoms with E-state index in [1.807, 2.05) is 79.7 Å². The first kappa shape index (κ1) is 30.0. The van der Waals surface area contributed by atoms with Gasteiger partial charge in [-0.3, -0.25) is 9.36 Å². The molecule has 4 aromatic rings. The number of carbonyl (C=O) groups excluding carboxylic acids is 1. The molecule has 1 aliphatic heterocycles. The van der Waals surface area contributed by atoms with E-state index in [2.05, 4.69) is 24.8 Å². The van der Waals surface area contributed by atoms with Crippen LogP contribution >= 0.6 is 11.3 Å². The van der Waals surface area contributed by atoms with Crippen LogP contribution in [0.3, 0.4) is 0 Å². The van der Waals surface area contributed by atoms with E-state index in [1.165, 1.54) is 11.3 Å². The van der Waals surface area contributed by atoms with Gasteiger partial charge in [0.05, 0.1) is 28.5 Å². The zero-order chi connectivity index (χ0) is 30.5. The monoisotopic (exact) mass is 595 g/mol. The van der Waals surface area contributed by atoms with E-state index in [1.54, 1.807) is 18.4 Å². The molecule has 3 aromatic carbocycles. The number of hydrogen-bond donors (Lipinski definition) is 0. The highest BCUT2D eigenvalue weighted by atomic mass is 32.1. The lowest BCUT2D eigenvalue weighted by molar-refractivity contribution is -0.139. The van der Waals surface area contributed by atoms with Crippen molar-refractivity contribution in [2.24, 2.45) is 4.99 Å². The van der Waals surface area contributed by atoms with E-state index in [0.717, 1.165) is 41.0 Å². The van der Waals surface area contributed by atoms with Crippen molar-refractivity contribution < 1.29 is 14.3 Å². The van der Waals surface area contributed by atoms with Gasteiger partial charge in [-0.05, 0) is 64.0 Å².